The molecule has 6 heteroatoms. The van der Waals surface area contributed by atoms with Crippen LogP contribution in [0.4, 0.5) is 0 Å². The third kappa shape index (κ3) is 2.26. The van der Waals surface area contributed by atoms with Gasteiger partial charge in [-0.3, -0.25) is 0 Å². The van der Waals surface area contributed by atoms with Gasteiger partial charge in [0.05, 0.1) is 6.61 Å². The van der Waals surface area contributed by atoms with Crippen molar-refractivity contribution < 1.29 is 13.2 Å². The zero-order chi connectivity index (χ0) is 13.5. The molecule has 0 aliphatic carbocycles. The topological polar surface area (TPSA) is 46.6 Å². The average Bonchev–Trinajstić information content (AvgIpc) is 3.02. The van der Waals surface area contributed by atoms with Crippen molar-refractivity contribution in [3.8, 4) is 5.75 Å². The lowest BCUT2D eigenvalue weighted by atomic mass is 10.3. The monoisotopic (exact) mass is 299 g/mol. The van der Waals surface area contributed by atoms with Gasteiger partial charge < -0.3 is 4.74 Å². The summed E-state index contributed by atoms with van der Waals surface area (Å²) in [6, 6.07) is 7.07. The Balaban J connectivity index is 1.96. The normalized spacial score (nSPS) is 26.8. The van der Waals surface area contributed by atoms with E-state index in [-0.39, 0.29) is 6.04 Å². The zero-order valence-corrected chi connectivity index (χ0v) is 12.4. The molecule has 2 saturated heterocycles. The lowest BCUT2D eigenvalue weighted by Crippen LogP contribution is -2.39. The first-order valence-electron chi connectivity index (χ1n) is 6.48. The van der Waals surface area contributed by atoms with Crippen LogP contribution in [-0.4, -0.2) is 42.9 Å². The van der Waals surface area contributed by atoms with E-state index in [1.54, 1.807) is 28.6 Å². The van der Waals surface area contributed by atoms with Gasteiger partial charge in [-0.1, -0.05) is 12.1 Å². The minimum Gasteiger partial charge on any atom is -0.492 e. The summed E-state index contributed by atoms with van der Waals surface area (Å²) in [5, 5.41) is 0.471. The van der Waals surface area contributed by atoms with Gasteiger partial charge in [-0.15, -0.1) is 0 Å². The van der Waals surface area contributed by atoms with Gasteiger partial charge in [-0.2, -0.15) is 16.1 Å². The van der Waals surface area contributed by atoms with Gasteiger partial charge >= 0.3 is 0 Å². The number of para-hydroxylation sites is 1. The third-order valence-electron chi connectivity index (χ3n) is 3.59. The fourth-order valence-corrected chi connectivity index (χ4v) is 6.16. The molecule has 2 fully saturated rings. The summed E-state index contributed by atoms with van der Waals surface area (Å²) in [5.74, 6) is 1.38. The second-order valence-corrected chi connectivity index (χ2v) is 7.99. The van der Waals surface area contributed by atoms with Crippen LogP contribution < -0.4 is 4.74 Å². The smallest absolute Gasteiger partial charge is 0.247 e. The van der Waals surface area contributed by atoms with Crippen LogP contribution in [0.5, 0.6) is 5.75 Å². The summed E-state index contributed by atoms with van der Waals surface area (Å²) < 4.78 is 32.6. The van der Waals surface area contributed by atoms with Crippen molar-refractivity contribution in [3.05, 3.63) is 24.3 Å². The highest BCUT2D eigenvalue weighted by Crippen LogP contribution is 2.41. The van der Waals surface area contributed by atoms with E-state index in [1.807, 2.05) is 18.7 Å². The first kappa shape index (κ1) is 13.3. The Morgan fingerprint density at radius 2 is 2.21 bits per heavy atom. The molecule has 1 aromatic carbocycles. The van der Waals surface area contributed by atoms with Gasteiger partial charge in [-0.25, -0.2) is 8.42 Å². The molecule has 0 saturated carbocycles. The summed E-state index contributed by atoms with van der Waals surface area (Å²) in [6.45, 7) is 2.96. The van der Waals surface area contributed by atoms with Crippen LogP contribution in [0.25, 0.3) is 0 Å². The molecule has 2 unspecified atom stereocenters. The number of hydrogen-bond acceptors (Lipinski definition) is 4. The summed E-state index contributed by atoms with van der Waals surface area (Å²) in [4.78, 5) is 0.300. The maximum Gasteiger partial charge on any atom is 0.247 e. The van der Waals surface area contributed by atoms with E-state index in [4.69, 9.17) is 4.74 Å². The van der Waals surface area contributed by atoms with Crippen LogP contribution in [-0.2, 0) is 10.0 Å². The Hall–Kier alpha value is -0.720. The first-order chi connectivity index (χ1) is 9.13. The molecular formula is C13H17NO3S2. The molecule has 0 N–H and O–H groups in total. The van der Waals surface area contributed by atoms with Crippen molar-refractivity contribution in [1.29, 1.82) is 0 Å². The molecule has 2 heterocycles. The summed E-state index contributed by atoms with van der Waals surface area (Å²) in [6.07, 6.45) is 0.987. The number of fused-ring (bicyclic) bond motifs is 2. The number of sulfonamides is 1. The third-order valence-corrected chi connectivity index (χ3v) is 6.93. The van der Waals surface area contributed by atoms with Gasteiger partial charge in [0.1, 0.15) is 10.6 Å². The molecule has 3 rings (SSSR count). The Kier molecular flexibility index (Phi) is 3.49. The number of benzene rings is 1. The molecule has 2 atom stereocenters. The quantitative estimate of drug-likeness (QED) is 0.853. The van der Waals surface area contributed by atoms with Crippen LogP contribution in [0.1, 0.15) is 13.3 Å². The standard InChI is InChI=1S/C13H17NO3S2/c1-2-17-12-5-3-4-6-13(12)19(15,16)14-8-11-7-10(14)9-18-11/h3-6,10-11H,2,7-9H2,1H3. The van der Waals surface area contributed by atoms with Crippen molar-refractivity contribution in [3.63, 3.8) is 0 Å². The second-order valence-electron chi connectivity index (χ2n) is 4.80. The van der Waals surface area contributed by atoms with E-state index in [0.29, 0.717) is 29.0 Å². The molecule has 2 aliphatic heterocycles. The van der Waals surface area contributed by atoms with Crippen molar-refractivity contribution in [1.82, 2.24) is 4.31 Å². The summed E-state index contributed by atoms with van der Waals surface area (Å²) >= 11 is 1.88. The van der Waals surface area contributed by atoms with E-state index in [9.17, 15) is 8.42 Å². The Bertz CT molecular complexity index is 573. The van der Waals surface area contributed by atoms with Gasteiger partial charge in [-0.05, 0) is 25.5 Å². The van der Waals surface area contributed by atoms with Crippen molar-refractivity contribution in [2.75, 3.05) is 18.9 Å². The van der Waals surface area contributed by atoms with Crippen LogP contribution in [0.3, 0.4) is 0 Å². The van der Waals surface area contributed by atoms with Crippen LogP contribution in [0, 0.1) is 0 Å². The Labute approximate surface area is 118 Å². The minimum atomic E-state index is -3.43. The molecule has 2 bridgehead atoms. The summed E-state index contributed by atoms with van der Waals surface area (Å²) in [5.41, 5.74) is 0. The van der Waals surface area contributed by atoms with Gasteiger partial charge in [0.15, 0.2) is 0 Å². The van der Waals surface area contributed by atoms with Crippen LogP contribution >= 0.6 is 11.8 Å². The van der Waals surface area contributed by atoms with E-state index in [2.05, 4.69) is 0 Å². The maximum absolute atomic E-state index is 12.8. The first-order valence-corrected chi connectivity index (χ1v) is 8.97. The van der Waals surface area contributed by atoms with Gasteiger partial charge in [0, 0.05) is 23.6 Å². The van der Waals surface area contributed by atoms with Crippen LogP contribution in [0.2, 0.25) is 0 Å². The molecule has 0 spiro atoms. The number of rotatable bonds is 4. The predicted molar refractivity (Wildman–Crippen MR) is 76.2 cm³/mol. The van der Waals surface area contributed by atoms with E-state index < -0.39 is 10.0 Å². The number of hydrogen-bond donors (Lipinski definition) is 0. The molecule has 1 aromatic rings. The highest BCUT2D eigenvalue weighted by atomic mass is 32.2. The SMILES string of the molecule is CCOc1ccccc1S(=O)(=O)N1CC2CC1CS2. The maximum atomic E-state index is 12.8. The Morgan fingerprint density at radius 3 is 2.84 bits per heavy atom. The lowest BCUT2D eigenvalue weighted by molar-refractivity contribution is 0.328. The highest BCUT2D eigenvalue weighted by molar-refractivity contribution is 8.00. The van der Waals surface area contributed by atoms with Crippen LogP contribution in [0.15, 0.2) is 29.2 Å². The number of thioether (sulfide) groups is 1. The molecule has 4 nitrogen and oxygen atoms in total. The highest BCUT2D eigenvalue weighted by Gasteiger charge is 2.45. The molecule has 104 valence electrons. The van der Waals surface area contributed by atoms with Gasteiger partial charge in [0.2, 0.25) is 10.0 Å². The van der Waals surface area contributed by atoms with Crippen molar-refractivity contribution >= 4 is 21.8 Å². The molecule has 0 radical (unpaired) electrons. The molecule has 19 heavy (non-hydrogen) atoms. The predicted octanol–water partition coefficient (Wildman–Crippen LogP) is 1.96. The second kappa shape index (κ2) is 5.00. The lowest BCUT2D eigenvalue weighted by Gasteiger charge is -2.26. The number of ether oxygens (including phenoxy) is 1. The summed E-state index contributed by atoms with van der Waals surface area (Å²) in [7, 11) is -3.43. The largest absolute Gasteiger partial charge is 0.492 e. The van der Waals surface area contributed by atoms with Crippen molar-refractivity contribution in [2.24, 2.45) is 0 Å². The van der Waals surface area contributed by atoms with E-state index in [0.717, 1.165) is 12.2 Å². The zero-order valence-electron chi connectivity index (χ0n) is 10.8. The fourth-order valence-electron chi connectivity index (χ4n) is 2.72. The molecular weight excluding hydrogens is 282 g/mol. The molecule has 2 aliphatic rings. The minimum absolute atomic E-state index is 0.162. The van der Waals surface area contributed by atoms with E-state index in [1.165, 1.54) is 0 Å². The van der Waals surface area contributed by atoms with Crippen molar-refractivity contribution in [2.45, 2.75) is 29.5 Å². The fraction of sp³-hybridized carbons (Fsp3) is 0.538. The Morgan fingerprint density at radius 1 is 1.42 bits per heavy atom. The molecule has 0 aromatic heterocycles. The van der Waals surface area contributed by atoms with E-state index >= 15 is 0 Å². The number of nitrogens with zero attached hydrogens (tertiary/aromatic N) is 1. The average molecular weight is 299 g/mol. The molecule has 0 amide bonds. The van der Waals surface area contributed by atoms with Gasteiger partial charge in [0.25, 0.3) is 0 Å².